The summed E-state index contributed by atoms with van der Waals surface area (Å²) in [4.78, 5) is 22.0. The highest BCUT2D eigenvalue weighted by Gasteiger charge is 2.11. The summed E-state index contributed by atoms with van der Waals surface area (Å²) >= 11 is 1.45. The molecule has 6 nitrogen and oxygen atoms in total. The fourth-order valence-corrected chi connectivity index (χ4v) is 3.20. The molecular weight excluding hydrogens is 338 g/mol. The number of nitrogens with one attached hydrogen (secondary N) is 1. The molecule has 1 amide bonds. The first-order valence-electron chi connectivity index (χ1n) is 7.78. The molecule has 1 aromatic carbocycles. The van der Waals surface area contributed by atoms with E-state index in [-0.39, 0.29) is 12.5 Å². The van der Waals surface area contributed by atoms with Crippen molar-refractivity contribution in [3.8, 4) is 11.5 Å². The van der Waals surface area contributed by atoms with Gasteiger partial charge in [-0.2, -0.15) is 0 Å². The molecule has 2 heterocycles. The number of pyridine rings is 1. The summed E-state index contributed by atoms with van der Waals surface area (Å²) in [6.45, 7) is 5.67. The first-order valence-corrected chi connectivity index (χ1v) is 8.60. The fraction of sp³-hybridized carbons (Fsp3) is 0.278. The maximum absolute atomic E-state index is 12.1. The van der Waals surface area contributed by atoms with Crippen LogP contribution in [0.15, 0.2) is 24.3 Å². The first-order chi connectivity index (χ1) is 12.0. The van der Waals surface area contributed by atoms with E-state index < -0.39 is 0 Å². The maximum atomic E-state index is 12.1. The van der Waals surface area contributed by atoms with Crippen molar-refractivity contribution in [1.82, 2.24) is 9.97 Å². The van der Waals surface area contributed by atoms with Crippen LogP contribution >= 0.6 is 11.3 Å². The first kappa shape index (κ1) is 17.2. The number of anilines is 1. The van der Waals surface area contributed by atoms with Gasteiger partial charge in [0.15, 0.2) is 11.7 Å². The Labute approximate surface area is 149 Å². The Bertz CT molecular complexity index is 917. The predicted octanol–water partition coefficient (Wildman–Crippen LogP) is 3.64. The number of nitrogens with zero attached hydrogens (tertiary/aromatic N) is 2. The lowest BCUT2D eigenvalue weighted by molar-refractivity contribution is -0.118. The van der Waals surface area contributed by atoms with Crippen LogP contribution in [0.2, 0.25) is 0 Å². The molecule has 0 unspecified atom stereocenters. The zero-order valence-electron chi connectivity index (χ0n) is 14.5. The summed E-state index contributed by atoms with van der Waals surface area (Å²) in [7, 11) is 1.61. The minimum absolute atomic E-state index is 0.104. The van der Waals surface area contributed by atoms with E-state index in [2.05, 4.69) is 15.3 Å². The number of amides is 1. The number of aromatic nitrogens is 2. The second kappa shape index (κ2) is 7.06. The molecule has 3 aromatic rings. The van der Waals surface area contributed by atoms with Gasteiger partial charge in [0.1, 0.15) is 11.5 Å². The molecule has 0 aliphatic carbocycles. The van der Waals surface area contributed by atoms with E-state index >= 15 is 0 Å². The molecule has 1 N–H and O–H groups in total. The number of fused-ring (bicyclic) bond motifs is 1. The minimum Gasteiger partial charge on any atom is -0.497 e. The fourth-order valence-electron chi connectivity index (χ4n) is 2.37. The van der Waals surface area contributed by atoms with Gasteiger partial charge in [-0.05, 0) is 39.0 Å². The standard InChI is InChI=1S/C18H19N3O3S/c1-10-7-16(14-8-13(23-4)5-6-15(14)19-10)24-9-17(22)21-18-20-11(2)12(3)25-18/h5-8H,9H2,1-4H3,(H,20,21,22). The van der Waals surface area contributed by atoms with Crippen molar-refractivity contribution in [3.63, 3.8) is 0 Å². The van der Waals surface area contributed by atoms with Gasteiger partial charge in [0.25, 0.3) is 5.91 Å². The summed E-state index contributed by atoms with van der Waals surface area (Å²) in [5, 5.41) is 4.15. The molecular formula is C18H19N3O3S. The van der Waals surface area contributed by atoms with Gasteiger partial charge >= 0.3 is 0 Å². The van der Waals surface area contributed by atoms with E-state index in [1.54, 1.807) is 7.11 Å². The summed E-state index contributed by atoms with van der Waals surface area (Å²) in [5.74, 6) is 1.06. The van der Waals surface area contributed by atoms with E-state index in [0.717, 1.165) is 27.2 Å². The van der Waals surface area contributed by atoms with Crippen molar-refractivity contribution in [2.24, 2.45) is 0 Å². The molecule has 0 saturated heterocycles. The predicted molar refractivity (Wildman–Crippen MR) is 98.7 cm³/mol. The highest BCUT2D eigenvalue weighted by molar-refractivity contribution is 7.15. The molecule has 0 radical (unpaired) electrons. The van der Waals surface area contributed by atoms with Crippen LogP contribution in [-0.2, 0) is 4.79 Å². The van der Waals surface area contributed by atoms with Crippen molar-refractivity contribution < 1.29 is 14.3 Å². The molecule has 7 heteroatoms. The number of carbonyl (C=O) groups is 1. The average molecular weight is 357 g/mol. The Morgan fingerprint density at radius 3 is 2.68 bits per heavy atom. The SMILES string of the molecule is COc1ccc2nc(C)cc(OCC(=O)Nc3nc(C)c(C)s3)c2c1. The molecule has 0 bridgehead atoms. The van der Waals surface area contributed by atoms with Crippen LogP contribution in [0.5, 0.6) is 11.5 Å². The number of carbonyl (C=O) groups excluding carboxylic acids is 1. The Balaban J connectivity index is 1.76. The van der Waals surface area contributed by atoms with E-state index in [4.69, 9.17) is 9.47 Å². The number of benzene rings is 1. The van der Waals surface area contributed by atoms with E-state index in [1.165, 1.54) is 11.3 Å². The Hall–Kier alpha value is -2.67. The van der Waals surface area contributed by atoms with Crippen molar-refractivity contribution in [3.05, 3.63) is 40.5 Å². The van der Waals surface area contributed by atoms with E-state index in [9.17, 15) is 4.79 Å². The minimum atomic E-state index is -0.251. The number of hydrogen-bond acceptors (Lipinski definition) is 6. The molecule has 0 spiro atoms. The number of rotatable bonds is 5. The number of thiazole rings is 1. The second-order valence-electron chi connectivity index (χ2n) is 5.64. The summed E-state index contributed by atoms with van der Waals surface area (Å²) in [5.41, 5.74) is 2.53. The number of hydrogen-bond donors (Lipinski definition) is 1. The van der Waals surface area contributed by atoms with Gasteiger partial charge < -0.3 is 9.47 Å². The topological polar surface area (TPSA) is 73.3 Å². The summed E-state index contributed by atoms with van der Waals surface area (Å²) in [6.07, 6.45) is 0. The monoisotopic (exact) mass is 357 g/mol. The van der Waals surface area contributed by atoms with Gasteiger partial charge in [0.2, 0.25) is 0 Å². The quantitative estimate of drug-likeness (QED) is 0.755. The average Bonchev–Trinajstić information content (AvgIpc) is 2.89. The lowest BCUT2D eigenvalue weighted by atomic mass is 10.1. The van der Waals surface area contributed by atoms with Gasteiger partial charge in [-0.1, -0.05) is 0 Å². The molecule has 2 aromatic heterocycles. The Morgan fingerprint density at radius 2 is 2.00 bits per heavy atom. The number of methoxy groups -OCH3 is 1. The number of aryl methyl sites for hydroxylation is 3. The lowest BCUT2D eigenvalue weighted by Crippen LogP contribution is -2.20. The van der Waals surface area contributed by atoms with Crippen molar-refractivity contribution in [2.75, 3.05) is 19.0 Å². The molecule has 25 heavy (non-hydrogen) atoms. The van der Waals surface area contributed by atoms with E-state index in [0.29, 0.717) is 16.6 Å². The van der Waals surface area contributed by atoms with Crippen LogP contribution in [0.4, 0.5) is 5.13 Å². The third-order valence-corrected chi connectivity index (χ3v) is 4.73. The summed E-state index contributed by atoms with van der Waals surface area (Å²) < 4.78 is 11.0. The molecule has 0 aliphatic rings. The van der Waals surface area contributed by atoms with Crippen LogP contribution in [0, 0.1) is 20.8 Å². The zero-order chi connectivity index (χ0) is 18.0. The van der Waals surface area contributed by atoms with Crippen LogP contribution < -0.4 is 14.8 Å². The largest absolute Gasteiger partial charge is 0.497 e. The van der Waals surface area contributed by atoms with Gasteiger partial charge in [-0.25, -0.2) is 4.98 Å². The zero-order valence-corrected chi connectivity index (χ0v) is 15.4. The van der Waals surface area contributed by atoms with Gasteiger partial charge in [0, 0.05) is 22.0 Å². The van der Waals surface area contributed by atoms with Gasteiger partial charge in [0.05, 0.1) is 18.3 Å². The number of ether oxygens (including phenoxy) is 2. The highest BCUT2D eigenvalue weighted by Crippen LogP contribution is 2.29. The second-order valence-corrected chi connectivity index (χ2v) is 6.85. The van der Waals surface area contributed by atoms with Crippen molar-refractivity contribution in [1.29, 1.82) is 0 Å². The lowest BCUT2D eigenvalue weighted by Gasteiger charge is -2.11. The molecule has 3 rings (SSSR count). The Morgan fingerprint density at radius 1 is 1.20 bits per heavy atom. The van der Waals surface area contributed by atoms with Crippen molar-refractivity contribution >= 4 is 33.3 Å². The van der Waals surface area contributed by atoms with Gasteiger partial charge in [-0.15, -0.1) is 11.3 Å². The Kier molecular flexibility index (Phi) is 4.85. The normalized spacial score (nSPS) is 10.7. The smallest absolute Gasteiger partial charge is 0.264 e. The molecule has 0 fully saturated rings. The highest BCUT2D eigenvalue weighted by atomic mass is 32.1. The maximum Gasteiger partial charge on any atom is 0.264 e. The third-order valence-electron chi connectivity index (χ3n) is 3.74. The van der Waals surface area contributed by atoms with Crippen molar-refractivity contribution in [2.45, 2.75) is 20.8 Å². The summed E-state index contributed by atoms with van der Waals surface area (Å²) in [6, 6.07) is 7.38. The van der Waals surface area contributed by atoms with Gasteiger partial charge in [-0.3, -0.25) is 15.1 Å². The van der Waals surface area contributed by atoms with Crippen LogP contribution in [0.25, 0.3) is 10.9 Å². The molecule has 130 valence electrons. The molecule has 0 atom stereocenters. The van der Waals surface area contributed by atoms with E-state index in [1.807, 2.05) is 45.0 Å². The van der Waals surface area contributed by atoms with Crippen LogP contribution in [-0.4, -0.2) is 29.6 Å². The van der Waals surface area contributed by atoms with Crippen LogP contribution in [0.3, 0.4) is 0 Å². The molecule has 0 saturated carbocycles. The molecule has 0 aliphatic heterocycles. The van der Waals surface area contributed by atoms with Crippen LogP contribution in [0.1, 0.15) is 16.3 Å². The third kappa shape index (κ3) is 3.88.